The monoisotopic (exact) mass is 234 g/mol. The molecular weight excluding hydrogens is 220 g/mol. The van der Waals surface area contributed by atoms with Gasteiger partial charge >= 0.3 is 5.97 Å². The predicted molar refractivity (Wildman–Crippen MR) is 62.5 cm³/mol. The van der Waals surface area contributed by atoms with E-state index in [1.54, 1.807) is 18.2 Å². The summed E-state index contributed by atoms with van der Waals surface area (Å²) in [7, 11) is 1.30. The van der Waals surface area contributed by atoms with Crippen molar-refractivity contribution in [1.29, 1.82) is 5.26 Å². The Kier molecular flexibility index (Phi) is 7.90. The van der Waals surface area contributed by atoms with Crippen LogP contribution in [0.25, 0.3) is 0 Å². The third-order valence-electron chi connectivity index (χ3n) is 1.70. The Morgan fingerprint density at radius 3 is 2.71 bits per heavy atom. The number of methoxy groups -OCH3 is 1. The van der Waals surface area contributed by atoms with Gasteiger partial charge in [0.05, 0.1) is 18.7 Å². The molecule has 2 N–H and O–H groups in total. The van der Waals surface area contributed by atoms with Gasteiger partial charge in [0.1, 0.15) is 6.29 Å². The molecule has 0 aliphatic heterocycles. The number of nitrogens with two attached hydrogens (primary N) is 1. The highest BCUT2D eigenvalue weighted by Crippen LogP contribution is 2.03. The molecule has 1 aromatic carbocycles. The zero-order valence-electron chi connectivity index (χ0n) is 9.55. The smallest absolute Gasteiger partial charge is 0.337 e. The number of hydrogen-bond donors (Lipinski definition) is 1. The third kappa shape index (κ3) is 6.07. The van der Waals surface area contributed by atoms with Crippen molar-refractivity contribution in [2.24, 2.45) is 5.73 Å². The van der Waals surface area contributed by atoms with Crippen LogP contribution in [0.2, 0.25) is 0 Å². The minimum absolute atomic E-state index is 0.391. The fraction of sp³-hybridized carbons (Fsp3) is 0.250. The average Bonchev–Trinajstić information content (AvgIpc) is 2.39. The largest absolute Gasteiger partial charge is 0.465 e. The molecule has 90 valence electrons. The van der Waals surface area contributed by atoms with E-state index in [9.17, 15) is 9.59 Å². The van der Waals surface area contributed by atoms with Crippen LogP contribution in [0.3, 0.4) is 0 Å². The molecule has 1 rings (SSSR count). The van der Waals surface area contributed by atoms with Crippen molar-refractivity contribution in [3.05, 3.63) is 35.4 Å². The summed E-state index contributed by atoms with van der Waals surface area (Å²) < 4.78 is 4.48. The molecule has 5 nitrogen and oxygen atoms in total. The predicted octanol–water partition coefficient (Wildman–Crippen LogP) is 1.14. The molecule has 0 spiro atoms. The summed E-state index contributed by atoms with van der Waals surface area (Å²) in [5, 5.41) is 7.74. The molecule has 0 unspecified atom stereocenters. The van der Waals surface area contributed by atoms with Crippen LogP contribution >= 0.6 is 0 Å². The van der Waals surface area contributed by atoms with Gasteiger partial charge in [-0.3, -0.25) is 4.79 Å². The van der Waals surface area contributed by atoms with Gasteiger partial charge in [0, 0.05) is 18.5 Å². The minimum Gasteiger partial charge on any atom is -0.465 e. The molecule has 5 heteroatoms. The second-order valence-electron chi connectivity index (χ2n) is 2.93. The van der Waals surface area contributed by atoms with Crippen LogP contribution in [0.1, 0.15) is 27.1 Å². The second-order valence-corrected chi connectivity index (χ2v) is 2.93. The zero-order valence-corrected chi connectivity index (χ0v) is 9.55. The Balaban J connectivity index is 0.000000437. The Labute approximate surface area is 99.8 Å². The second kappa shape index (κ2) is 9.07. The molecule has 0 saturated heterocycles. The van der Waals surface area contributed by atoms with Crippen molar-refractivity contribution in [2.45, 2.75) is 6.42 Å². The number of ether oxygens (including phenoxy) is 1. The van der Waals surface area contributed by atoms with Crippen LogP contribution < -0.4 is 5.73 Å². The maximum atomic E-state index is 10.9. The van der Waals surface area contributed by atoms with E-state index in [1.165, 1.54) is 13.2 Å². The first-order valence-corrected chi connectivity index (χ1v) is 4.90. The number of aldehydes is 1. The minimum atomic E-state index is -0.432. The van der Waals surface area contributed by atoms with Crippen LogP contribution in [0.15, 0.2) is 24.3 Å². The first-order chi connectivity index (χ1) is 8.19. The molecule has 0 heterocycles. The van der Waals surface area contributed by atoms with Gasteiger partial charge in [-0.05, 0) is 12.1 Å². The molecule has 1 aromatic rings. The summed E-state index contributed by atoms with van der Waals surface area (Å²) in [5.74, 6) is -0.432. The first-order valence-electron chi connectivity index (χ1n) is 4.90. The number of nitrogens with zero attached hydrogens (tertiary/aromatic N) is 1. The SMILES string of the molecule is COC(=O)c1cccc(C=O)c1.N#CCCN. The van der Waals surface area contributed by atoms with Crippen molar-refractivity contribution in [3.63, 3.8) is 0 Å². The Hall–Kier alpha value is -2.19. The van der Waals surface area contributed by atoms with Gasteiger partial charge in [-0.2, -0.15) is 5.26 Å². The van der Waals surface area contributed by atoms with Gasteiger partial charge in [-0.1, -0.05) is 12.1 Å². The highest BCUT2D eigenvalue weighted by molar-refractivity contribution is 5.91. The number of nitriles is 1. The number of carbonyl (C=O) groups excluding carboxylic acids is 2. The van der Waals surface area contributed by atoms with Crippen molar-refractivity contribution in [3.8, 4) is 6.07 Å². The van der Waals surface area contributed by atoms with Crippen LogP contribution in [-0.4, -0.2) is 25.9 Å². The lowest BCUT2D eigenvalue weighted by Crippen LogP contribution is -2.01. The van der Waals surface area contributed by atoms with Gasteiger partial charge in [-0.15, -0.1) is 0 Å². The summed E-state index contributed by atoms with van der Waals surface area (Å²) in [6.07, 6.45) is 1.16. The molecule has 17 heavy (non-hydrogen) atoms. The Morgan fingerprint density at radius 2 is 2.29 bits per heavy atom. The molecule has 0 atom stereocenters. The molecule has 0 fully saturated rings. The van der Waals surface area contributed by atoms with Gasteiger partial charge < -0.3 is 10.5 Å². The highest BCUT2D eigenvalue weighted by atomic mass is 16.5. The molecule has 0 radical (unpaired) electrons. The van der Waals surface area contributed by atoms with Crippen LogP contribution in [0.4, 0.5) is 0 Å². The molecular formula is C12H14N2O3. The molecule has 0 aliphatic rings. The fourth-order valence-electron chi connectivity index (χ4n) is 0.921. The topological polar surface area (TPSA) is 93.2 Å². The van der Waals surface area contributed by atoms with Crippen molar-refractivity contribution in [2.75, 3.05) is 13.7 Å². The van der Waals surface area contributed by atoms with E-state index in [2.05, 4.69) is 4.74 Å². The quantitative estimate of drug-likeness (QED) is 0.625. The van der Waals surface area contributed by atoms with Crippen LogP contribution in [-0.2, 0) is 4.74 Å². The molecule has 0 bridgehead atoms. The summed E-state index contributed by atoms with van der Waals surface area (Å²) in [5.41, 5.74) is 5.78. The maximum Gasteiger partial charge on any atom is 0.337 e. The fourth-order valence-corrected chi connectivity index (χ4v) is 0.921. The molecule has 0 aromatic heterocycles. The van der Waals surface area contributed by atoms with E-state index < -0.39 is 5.97 Å². The van der Waals surface area contributed by atoms with E-state index >= 15 is 0 Å². The molecule has 0 aliphatic carbocycles. The van der Waals surface area contributed by atoms with Crippen molar-refractivity contribution in [1.82, 2.24) is 0 Å². The Morgan fingerprint density at radius 1 is 1.59 bits per heavy atom. The number of hydrogen-bond acceptors (Lipinski definition) is 5. The summed E-state index contributed by atoms with van der Waals surface area (Å²) in [6, 6.07) is 8.23. The summed E-state index contributed by atoms with van der Waals surface area (Å²) in [6.45, 7) is 0.483. The van der Waals surface area contributed by atoms with Gasteiger partial charge in [0.2, 0.25) is 0 Å². The van der Waals surface area contributed by atoms with E-state index in [0.29, 0.717) is 30.4 Å². The lowest BCUT2D eigenvalue weighted by Gasteiger charge is -1.98. The lowest BCUT2D eigenvalue weighted by molar-refractivity contribution is 0.0600. The maximum absolute atomic E-state index is 10.9. The number of carbonyl (C=O) groups is 2. The normalized spacial score (nSPS) is 8.29. The number of esters is 1. The van der Waals surface area contributed by atoms with Gasteiger partial charge in [-0.25, -0.2) is 4.79 Å². The molecule has 0 amide bonds. The standard InChI is InChI=1S/C9H8O3.C3H6N2/c1-12-9(11)8-4-2-3-7(5-8)6-10;4-2-1-3-5/h2-6H,1H3;1-2,4H2. The summed E-state index contributed by atoms with van der Waals surface area (Å²) in [4.78, 5) is 21.3. The van der Waals surface area contributed by atoms with Gasteiger partial charge in [0.15, 0.2) is 0 Å². The van der Waals surface area contributed by atoms with E-state index in [1.807, 2.05) is 6.07 Å². The van der Waals surface area contributed by atoms with E-state index in [0.717, 1.165) is 0 Å². The van der Waals surface area contributed by atoms with Crippen LogP contribution in [0.5, 0.6) is 0 Å². The first kappa shape index (κ1) is 14.8. The van der Waals surface area contributed by atoms with Crippen LogP contribution in [0, 0.1) is 11.3 Å². The third-order valence-corrected chi connectivity index (χ3v) is 1.70. The molecule has 0 saturated carbocycles. The number of rotatable bonds is 3. The van der Waals surface area contributed by atoms with Crippen molar-refractivity contribution < 1.29 is 14.3 Å². The zero-order chi connectivity index (χ0) is 13.1. The number of benzene rings is 1. The van der Waals surface area contributed by atoms with Crippen molar-refractivity contribution >= 4 is 12.3 Å². The highest BCUT2D eigenvalue weighted by Gasteiger charge is 2.04. The lowest BCUT2D eigenvalue weighted by atomic mass is 10.1. The van der Waals surface area contributed by atoms with E-state index in [-0.39, 0.29) is 0 Å². The Bertz CT molecular complexity index is 410. The van der Waals surface area contributed by atoms with E-state index in [4.69, 9.17) is 11.0 Å². The van der Waals surface area contributed by atoms with Gasteiger partial charge in [0.25, 0.3) is 0 Å². The summed E-state index contributed by atoms with van der Waals surface area (Å²) >= 11 is 0. The average molecular weight is 234 g/mol.